The molecular formula is C16H28N4O. The molecule has 2 amide bonds. The number of nitrogens with zero attached hydrogens (tertiary/aromatic N) is 1. The predicted molar refractivity (Wildman–Crippen MR) is 88.5 cm³/mol. The summed E-state index contributed by atoms with van der Waals surface area (Å²) >= 11 is 0. The van der Waals surface area contributed by atoms with Gasteiger partial charge < -0.3 is 21.3 Å². The van der Waals surface area contributed by atoms with Gasteiger partial charge in [-0.25, -0.2) is 4.79 Å². The van der Waals surface area contributed by atoms with E-state index in [9.17, 15) is 4.79 Å². The van der Waals surface area contributed by atoms with Crippen molar-refractivity contribution >= 4 is 11.7 Å². The summed E-state index contributed by atoms with van der Waals surface area (Å²) in [5, 5.41) is 5.71. The first-order chi connectivity index (χ1) is 10.1. The van der Waals surface area contributed by atoms with Gasteiger partial charge in [0.1, 0.15) is 0 Å². The molecule has 4 N–H and O–H groups in total. The van der Waals surface area contributed by atoms with Gasteiger partial charge in [0.2, 0.25) is 0 Å². The predicted octanol–water partition coefficient (Wildman–Crippen LogP) is 2.56. The lowest BCUT2D eigenvalue weighted by Gasteiger charge is -2.17. The van der Waals surface area contributed by atoms with Crippen molar-refractivity contribution in [1.82, 2.24) is 10.2 Å². The van der Waals surface area contributed by atoms with Gasteiger partial charge in [0.05, 0.1) is 0 Å². The molecule has 21 heavy (non-hydrogen) atoms. The standard InChI is InChI=1S/C16H28N4O/c1-4-20(5-2)11-7-10-18-16(21)19-15-9-6-8-14(12-15)13(3)17/h6,8-9,12-13H,4-5,7,10-11,17H2,1-3H3,(H2,18,19,21). The Bertz CT molecular complexity index is 430. The zero-order valence-corrected chi connectivity index (χ0v) is 13.4. The van der Waals surface area contributed by atoms with Crippen LogP contribution in [0.5, 0.6) is 0 Å². The number of carbonyl (C=O) groups excluding carboxylic acids is 1. The van der Waals surface area contributed by atoms with Crippen LogP contribution < -0.4 is 16.4 Å². The number of nitrogens with two attached hydrogens (primary N) is 1. The minimum absolute atomic E-state index is 0.0381. The monoisotopic (exact) mass is 292 g/mol. The lowest BCUT2D eigenvalue weighted by atomic mass is 10.1. The third-order valence-electron chi connectivity index (χ3n) is 3.50. The van der Waals surface area contributed by atoms with Crippen LogP contribution in [0.2, 0.25) is 0 Å². The number of amides is 2. The Kier molecular flexibility index (Phi) is 7.79. The number of hydrogen-bond donors (Lipinski definition) is 3. The SMILES string of the molecule is CCN(CC)CCCNC(=O)Nc1cccc(C(C)N)c1. The van der Waals surface area contributed by atoms with Gasteiger partial charge in [0, 0.05) is 18.3 Å². The van der Waals surface area contributed by atoms with Gasteiger partial charge in [-0.2, -0.15) is 0 Å². The van der Waals surface area contributed by atoms with Crippen molar-refractivity contribution in [2.24, 2.45) is 5.73 Å². The summed E-state index contributed by atoms with van der Waals surface area (Å²) in [6.45, 7) is 10.00. The minimum Gasteiger partial charge on any atom is -0.338 e. The van der Waals surface area contributed by atoms with Crippen LogP contribution >= 0.6 is 0 Å². The molecule has 0 aromatic heterocycles. The van der Waals surface area contributed by atoms with Gasteiger partial charge >= 0.3 is 6.03 Å². The summed E-state index contributed by atoms with van der Waals surface area (Å²) in [7, 11) is 0. The molecule has 0 aliphatic heterocycles. The van der Waals surface area contributed by atoms with Crippen molar-refractivity contribution in [2.75, 3.05) is 31.5 Å². The molecule has 5 heteroatoms. The number of hydrogen-bond acceptors (Lipinski definition) is 3. The largest absolute Gasteiger partial charge is 0.338 e. The Morgan fingerprint density at radius 2 is 2.05 bits per heavy atom. The van der Waals surface area contributed by atoms with E-state index in [0.29, 0.717) is 6.54 Å². The number of nitrogens with one attached hydrogen (secondary N) is 2. The fourth-order valence-electron chi connectivity index (χ4n) is 2.12. The molecule has 1 aromatic carbocycles. The van der Waals surface area contributed by atoms with Crippen LogP contribution in [0.15, 0.2) is 24.3 Å². The number of carbonyl (C=O) groups is 1. The van der Waals surface area contributed by atoms with E-state index in [0.717, 1.165) is 37.3 Å². The smallest absolute Gasteiger partial charge is 0.319 e. The average Bonchev–Trinajstić information content (AvgIpc) is 2.47. The maximum atomic E-state index is 11.8. The van der Waals surface area contributed by atoms with Crippen molar-refractivity contribution in [2.45, 2.75) is 33.2 Å². The first kappa shape index (κ1) is 17.5. The molecule has 118 valence electrons. The fraction of sp³-hybridized carbons (Fsp3) is 0.562. The van der Waals surface area contributed by atoms with E-state index in [-0.39, 0.29) is 12.1 Å². The highest BCUT2D eigenvalue weighted by Gasteiger charge is 2.04. The van der Waals surface area contributed by atoms with Gasteiger partial charge in [-0.15, -0.1) is 0 Å². The zero-order valence-electron chi connectivity index (χ0n) is 13.4. The van der Waals surface area contributed by atoms with E-state index >= 15 is 0 Å². The lowest BCUT2D eigenvalue weighted by Crippen LogP contribution is -2.32. The van der Waals surface area contributed by atoms with E-state index in [4.69, 9.17) is 5.73 Å². The van der Waals surface area contributed by atoms with Crippen LogP contribution in [0.3, 0.4) is 0 Å². The van der Waals surface area contributed by atoms with E-state index in [1.165, 1.54) is 0 Å². The Labute approximate surface area is 127 Å². The molecule has 0 spiro atoms. The second-order valence-corrected chi connectivity index (χ2v) is 5.18. The molecule has 0 bridgehead atoms. The number of rotatable bonds is 8. The maximum Gasteiger partial charge on any atom is 0.319 e. The number of benzene rings is 1. The summed E-state index contributed by atoms with van der Waals surface area (Å²) in [5.41, 5.74) is 7.61. The van der Waals surface area contributed by atoms with Crippen molar-refractivity contribution in [1.29, 1.82) is 0 Å². The summed E-state index contributed by atoms with van der Waals surface area (Å²) in [5.74, 6) is 0. The summed E-state index contributed by atoms with van der Waals surface area (Å²) in [4.78, 5) is 14.1. The van der Waals surface area contributed by atoms with Gasteiger partial charge in [0.15, 0.2) is 0 Å². The molecule has 0 saturated heterocycles. The van der Waals surface area contributed by atoms with Crippen LogP contribution in [0.4, 0.5) is 10.5 Å². The van der Waals surface area contributed by atoms with Crippen LogP contribution in [-0.4, -0.2) is 37.1 Å². The third-order valence-corrected chi connectivity index (χ3v) is 3.50. The van der Waals surface area contributed by atoms with Crippen LogP contribution in [0.1, 0.15) is 38.8 Å². The Morgan fingerprint density at radius 3 is 2.67 bits per heavy atom. The second kappa shape index (κ2) is 9.37. The molecule has 1 unspecified atom stereocenters. The van der Waals surface area contributed by atoms with Gasteiger partial charge in [-0.3, -0.25) is 0 Å². The minimum atomic E-state index is -0.170. The van der Waals surface area contributed by atoms with Gasteiger partial charge in [-0.1, -0.05) is 26.0 Å². The molecule has 0 aliphatic rings. The Hall–Kier alpha value is -1.59. The highest BCUT2D eigenvalue weighted by atomic mass is 16.2. The molecule has 0 fully saturated rings. The first-order valence-corrected chi connectivity index (χ1v) is 7.69. The highest BCUT2D eigenvalue weighted by molar-refractivity contribution is 5.89. The van der Waals surface area contributed by atoms with Crippen LogP contribution in [0.25, 0.3) is 0 Å². The van der Waals surface area contributed by atoms with E-state index < -0.39 is 0 Å². The highest BCUT2D eigenvalue weighted by Crippen LogP contribution is 2.15. The topological polar surface area (TPSA) is 70.4 Å². The van der Waals surface area contributed by atoms with Crippen molar-refractivity contribution in [3.8, 4) is 0 Å². The van der Waals surface area contributed by atoms with Crippen LogP contribution in [0, 0.1) is 0 Å². The molecule has 0 heterocycles. The van der Waals surface area contributed by atoms with E-state index in [1.807, 2.05) is 31.2 Å². The molecule has 0 radical (unpaired) electrons. The summed E-state index contributed by atoms with van der Waals surface area (Å²) in [6.07, 6.45) is 0.953. The number of urea groups is 1. The quantitative estimate of drug-likeness (QED) is 0.645. The average molecular weight is 292 g/mol. The summed E-state index contributed by atoms with van der Waals surface area (Å²) in [6, 6.07) is 7.41. The third kappa shape index (κ3) is 6.60. The molecule has 1 aromatic rings. The molecule has 5 nitrogen and oxygen atoms in total. The zero-order chi connectivity index (χ0) is 15.7. The van der Waals surface area contributed by atoms with Crippen molar-refractivity contribution < 1.29 is 4.79 Å². The molecule has 0 saturated carbocycles. The normalized spacial score (nSPS) is 12.2. The summed E-state index contributed by atoms with van der Waals surface area (Å²) < 4.78 is 0. The molecule has 1 rings (SSSR count). The van der Waals surface area contributed by atoms with E-state index in [2.05, 4.69) is 29.4 Å². The van der Waals surface area contributed by atoms with Crippen LogP contribution in [-0.2, 0) is 0 Å². The van der Waals surface area contributed by atoms with Crippen molar-refractivity contribution in [3.05, 3.63) is 29.8 Å². The van der Waals surface area contributed by atoms with Gasteiger partial charge in [0.25, 0.3) is 0 Å². The molecule has 1 atom stereocenters. The second-order valence-electron chi connectivity index (χ2n) is 5.18. The molecule has 0 aliphatic carbocycles. The lowest BCUT2D eigenvalue weighted by molar-refractivity contribution is 0.250. The Balaban J connectivity index is 2.32. The first-order valence-electron chi connectivity index (χ1n) is 7.69. The Morgan fingerprint density at radius 1 is 1.33 bits per heavy atom. The fourth-order valence-corrected chi connectivity index (χ4v) is 2.12. The molecular weight excluding hydrogens is 264 g/mol. The maximum absolute atomic E-state index is 11.8. The van der Waals surface area contributed by atoms with E-state index in [1.54, 1.807) is 0 Å². The number of anilines is 1. The van der Waals surface area contributed by atoms with Crippen molar-refractivity contribution in [3.63, 3.8) is 0 Å². The van der Waals surface area contributed by atoms with Gasteiger partial charge in [-0.05, 0) is 50.7 Å².